The summed E-state index contributed by atoms with van der Waals surface area (Å²) in [6.45, 7) is 1.18. The van der Waals surface area contributed by atoms with Crippen molar-refractivity contribution in [3.05, 3.63) is 23.2 Å². The number of benzene rings is 1. The quantitative estimate of drug-likeness (QED) is 0.665. The molecule has 0 spiro atoms. The number of methoxy groups -OCH3 is 2. The Morgan fingerprint density at radius 2 is 2.09 bits per heavy atom. The first-order valence-corrected chi connectivity index (χ1v) is 6.92. The second-order valence-electron chi connectivity index (χ2n) is 4.33. The van der Waals surface area contributed by atoms with Crippen LogP contribution in [0.3, 0.4) is 0 Å². The smallest absolute Gasteiger partial charge is 0.227 e. The van der Waals surface area contributed by atoms with Crippen molar-refractivity contribution >= 4 is 35.6 Å². The Balaban J connectivity index is 0.00000441. The number of hydrogen-bond acceptors (Lipinski definition) is 5. The van der Waals surface area contributed by atoms with Crippen molar-refractivity contribution in [1.82, 2.24) is 0 Å². The van der Waals surface area contributed by atoms with Crippen LogP contribution < -0.4 is 15.8 Å². The number of amides is 1. The van der Waals surface area contributed by atoms with Gasteiger partial charge in [-0.25, -0.2) is 0 Å². The number of halogens is 2. The molecule has 0 saturated carbocycles. The molecule has 126 valence electrons. The highest BCUT2D eigenvalue weighted by Crippen LogP contribution is 2.27. The molecule has 1 unspecified atom stereocenters. The number of ether oxygens (including phenoxy) is 3. The minimum atomic E-state index is -0.294. The number of anilines is 1. The van der Waals surface area contributed by atoms with Crippen molar-refractivity contribution in [2.24, 2.45) is 5.73 Å². The van der Waals surface area contributed by atoms with E-state index in [1.165, 1.54) is 7.11 Å². The molecule has 0 fully saturated rings. The standard InChI is InChI=1S/C14H21ClN2O4.ClH/c1-19-5-6-21-13-4-3-10(7-12(13)15)17-14(18)8-11(9-16)20-2;/h3-4,7,11H,5-6,8-9,16H2,1-2H3,(H,17,18);1H. The lowest BCUT2D eigenvalue weighted by atomic mass is 10.2. The Hall–Kier alpha value is -1.05. The third-order valence-corrected chi connectivity index (χ3v) is 3.07. The van der Waals surface area contributed by atoms with Crippen LogP contribution in [0.2, 0.25) is 5.02 Å². The van der Waals surface area contributed by atoms with Crippen LogP contribution in [0.5, 0.6) is 5.75 Å². The molecule has 1 amide bonds. The molecule has 1 rings (SSSR count). The van der Waals surface area contributed by atoms with E-state index in [4.69, 9.17) is 31.5 Å². The second kappa shape index (κ2) is 11.5. The Labute approximate surface area is 141 Å². The molecular weight excluding hydrogens is 331 g/mol. The molecule has 6 nitrogen and oxygen atoms in total. The molecule has 0 saturated heterocycles. The fourth-order valence-corrected chi connectivity index (χ4v) is 1.85. The number of carbonyl (C=O) groups is 1. The lowest BCUT2D eigenvalue weighted by molar-refractivity contribution is -0.118. The topological polar surface area (TPSA) is 82.8 Å². The van der Waals surface area contributed by atoms with E-state index < -0.39 is 0 Å². The third-order valence-electron chi connectivity index (χ3n) is 2.77. The maximum atomic E-state index is 11.8. The molecule has 0 aliphatic heterocycles. The maximum Gasteiger partial charge on any atom is 0.227 e. The average Bonchev–Trinajstić information content (AvgIpc) is 2.47. The summed E-state index contributed by atoms with van der Waals surface area (Å²) in [5.41, 5.74) is 6.07. The number of nitrogens with two attached hydrogens (primary N) is 1. The molecule has 1 aromatic rings. The highest BCUT2D eigenvalue weighted by molar-refractivity contribution is 6.32. The van der Waals surface area contributed by atoms with Crippen molar-refractivity contribution in [3.63, 3.8) is 0 Å². The number of rotatable bonds is 9. The third kappa shape index (κ3) is 7.29. The number of hydrogen-bond donors (Lipinski definition) is 2. The van der Waals surface area contributed by atoms with E-state index in [1.807, 2.05) is 0 Å². The normalized spacial score (nSPS) is 11.5. The SMILES string of the molecule is COCCOc1ccc(NC(=O)CC(CN)OC)cc1Cl.Cl. The second-order valence-corrected chi connectivity index (χ2v) is 4.74. The monoisotopic (exact) mass is 352 g/mol. The summed E-state index contributed by atoms with van der Waals surface area (Å²) in [4.78, 5) is 11.8. The van der Waals surface area contributed by atoms with Crippen molar-refractivity contribution in [3.8, 4) is 5.75 Å². The number of carbonyl (C=O) groups excluding carboxylic acids is 1. The van der Waals surface area contributed by atoms with Crippen LogP contribution in [0.25, 0.3) is 0 Å². The van der Waals surface area contributed by atoms with E-state index in [-0.39, 0.29) is 37.4 Å². The molecule has 1 atom stereocenters. The van der Waals surface area contributed by atoms with Crippen LogP contribution in [-0.2, 0) is 14.3 Å². The van der Waals surface area contributed by atoms with E-state index in [1.54, 1.807) is 25.3 Å². The first-order chi connectivity index (χ1) is 10.1. The van der Waals surface area contributed by atoms with Gasteiger partial charge in [0, 0.05) is 26.5 Å². The highest BCUT2D eigenvalue weighted by atomic mass is 35.5. The predicted molar refractivity (Wildman–Crippen MR) is 89.2 cm³/mol. The van der Waals surface area contributed by atoms with Crippen LogP contribution in [0, 0.1) is 0 Å². The highest BCUT2D eigenvalue weighted by Gasteiger charge is 2.12. The fraction of sp³-hybridized carbons (Fsp3) is 0.500. The van der Waals surface area contributed by atoms with Crippen molar-refractivity contribution < 1.29 is 19.0 Å². The summed E-state index contributed by atoms with van der Waals surface area (Å²) in [5, 5.41) is 3.16. The molecule has 8 heteroatoms. The average molecular weight is 353 g/mol. The van der Waals surface area contributed by atoms with Gasteiger partial charge in [-0.2, -0.15) is 0 Å². The molecule has 0 aromatic heterocycles. The Kier molecular flexibility index (Phi) is 11.0. The van der Waals surface area contributed by atoms with Gasteiger partial charge in [0.1, 0.15) is 12.4 Å². The Morgan fingerprint density at radius 1 is 1.36 bits per heavy atom. The lowest BCUT2D eigenvalue weighted by Gasteiger charge is -2.13. The van der Waals surface area contributed by atoms with Crippen LogP contribution in [-0.4, -0.2) is 46.0 Å². The van der Waals surface area contributed by atoms with E-state index in [0.717, 1.165) is 0 Å². The first kappa shape index (κ1) is 20.9. The zero-order valence-electron chi connectivity index (χ0n) is 12.6. The summed E-state index contributed by atoms with van der Waals surface area (Å²) < 4.78 is 15.4. The molecule has 3 N–H and O–H groups in total. The van der Waals surface area contributed by atoms with E-state index in [9.17, 15) is 4.79 Å². The summed E-state index contributed by atoms with van der Waals surface area (Å²) in [5.74, 6) is 0.361. The van der Waals surface area contributed by atoms with Crippen LogP contribution in [0.4, 0.5) is 5.69 Å². The van der Waals surface area contributed by atoms with Crippen LogP contribution in [0.1, 0.15) is 6.42 Å². The molecular formula is C14H22Cl2N2O4. The van der Waals surface area contributed by atoms with Gasteiger partial charge >= 0.3 is 0 Å². The van der Waals surface area contributed by atoms with Gasteiger partial charge in [0.25, 0.3) is 0 Å². The van der Waals surface area contributed by atoms with E-state index in [2.05, 4.69) is 5.32 Å². The molecule has 0 aliphatic carbocycles. The summed E-state index contributed by atoms with van der Waals surface area (Å²) >= 11 is 6.09. The zero-order valence-corrected chi connectivity index (χ0v) is 14.2. The zero-order chi connectivity index (χ0) is 15.7. The lowest BCUT2D eigenvalue weighted by Crippen LogP contribution is -2.28. The fourth-order valence-electron chi connectivity index (χ4n) is 1.61. The van der Waals surface area contributed by atoms with Gasteiger partial charge in [0.05, 0.1) is 24.2 Å². The number of nitrogens with one attached hydrogen (secondary N) is 1. The van der Waals surface area contributed by atoms with Gasteiger partial charge in [0.15, 0.2) is 0 Å². The van der Waals surface area contributed by atoms with Gasteiger partial charge in [-0.15, -0.1) is 12.4 Å². The molecule has 1 aromatic carbocycles. The van der Waals surface area contributed by atoms with Gasteiger partial charge in [-0.3, -0.25) is 4.79 Å². The summed E-state index contributed by atoms with van der Waals surface area (Å²) in [6.07, 6.45) is -0.103. The van der Waals surface area contributed by atoms with Gasteiger partial charge in [0.2, 0.25) is 5.91 Å². The molecule has 0 radical (unpaired) electrons. The Morgan fingerprint density at radius 3 is 2.64 bits per heavy atom. The minimum absolute atomic E-state index is 0. The first-order valence-electron chi connectivity index (χ1n) is 6.54. The van der Waals surface area contributed by atoms with Gasteiger partial charge < -0.3 is 25.3 Å². The van der Waals surface area contributed by atoms with Crippen molar-refractivity contribution in [2.45, 2.75) is 12.5 Å². The van der Waals surface area contributed by atoms with Gasteiger partial charge in [-0.1, -0.05) is 11.6 Å². The molecule has 0 aliphatic rings. The van der Waals surface area contributed by atoms with Crippen LogP contribution in [0.15, 0.2) is 18.2 Å². The molecule has 0 bridgehead atoms. The summed E-state index contributed by atoms with van der Waals surface area (Å²) in [6, 6.07) is 5.05. The van der Waals surface area contributed by atoms with Crippen molar-refractivity contribution in [1.29, 1.82) is 0 Å². The van der Waals surface area contributed by atoms with Crippen LogP contribution >= 0.6 is 24.0 Å². The minimum Gasteiger partial charge on any atom is -0.490 e. The maximum absolute atomic E-state index is 11.8. The van der Waals surface area contributed by atoms with E-state index in [0.29, 0.717) is 29.7 Å². The molecule has 0 heterocycles. The van der Waals surface area contributed by atoms with E-state index >= 15 is 0 Å². The largest absolute Gasteiger partial charge is 0.490 e. The summed E-state index contributed by atoms with van der Waals surface area (Å²) in [7, 11) is 3.12. The predicted octanol–water partition coefficient (Wildman–Crippen LogP) is 2.09. The Bertz CT molecular complexity index is 456. The van der Waals surface area contributed by atoms with Crippen molar-refractivity contribution in [2.75, 3.05) is 39.3 Å². The molecule has 22 heavy (non-hydrogen) atoms. The van der Waals surface area contributed by atoms with Gasteiger partial charge in [-0.05, 0) is 18.2 Å².